The van der Waals surface area contributed by atoms with Crippen molar-refractivity contribution in [3.8, 4) is 11.5 Å². The van der Waals surface area contributed by atoms with Gasteiger partial charge < -0.3 is 15.4 Å². The molecule has 3 aromatic rings. The molecule has 5 rings (SSSR count). The third kappa shape index (κ3) is 6.50. The topological polar surface area (TPSA) is 72.6 Å². The highest BCUT2D eigenvalue weighted by molar-refractivity contribution is 7.91. The van der Waals surface area contributed by atoms with Crippen LogP contribution in [0.5, 0.6) is 11.5 Å². The van der Waals surface area contributed by atoms with E-state index < -0.39 is 33.4 Å². The van der Waals surface area contributed by atoms with E-state index in [1.54, 1.807) is 71.8 Å². The number of sulfone groups is 1. The fraction of sp³-hybridized carbons (Fsp3) is 0.188. The molecule has 218 valence electrons. The summed E-state index contributed by atoms with van der Waals surface area (Å²) in [6, 6.07) is 17.6. The molecular weight excluding hydrogens is 568 g/mol. The van der Waals surface area contributed by atoms with Crippen LogP contribution in [-0.4, -0.2) is 37.8 Å². The zero-order valence-electron chi connectivity index (χ0n) is 22.4. The van der Waals surface area contributed by atoms with E-state index in [1.165, 1.54) is 30.3 Å². The molecule has 1 unspecified atom stereocenters. The number of halogens is 4. The van der Waals surface area contributed by atoms with Crippen LogP contribution in [0.15, 0.2) is 119 Å². The van der Waals surface area contributed by atoms with E-state index in [2.05, 4.69) is 0 Å². The third-order valence-corrected chi connectivity index (χ3v) is 8.78. The van der Waals surface area contributed by atoms with E-state index >= 15 is 0 Å². The van der Waals surface area contributed by atoms with Crippen molar-refractivity contribution in [3.05, 3.63) is 131 Å². The Hall–Kier alpha value is -4.15. The fourth-order valence-electron chi connectivity index (χ4n) is 4.99. The van der Waals surface area contributed by atoms with Gasteiger partial charge in [0, 0.05) is 12.7 Å². The number of allylic oxidation sites excluding steroid dienone is 4. The molecule has 0 bridgehead atoms. The van der Waals surface area contributed by atoms with Crippen LogP contribution in [-0.2, 0) is 16.4 Å². The van der Waals surface area contributed by atoms with Crippen LogP contribution < -0.4 is 10.5 Å². The van der Waals surface area contributed by atoms with Crippen LogP contribution in [0.4, 0.5) is 17.6 Å². The number of ether oxygens (including phenoxy) is 1. The van der Waals surface area contributed by atoms with Gasteiger partial charge in [-0.2, -0.15) is 13.2 Å². The highest BCUT2D eigenvalue weighted by Crippen LogP contribution is 2.42. The van der Waals surface area contributed by atoms with Crippen molar-refractivity contribution in [2.75, 3.05) is 12.3 Å². The zero-order valence-corrected chi connectivity index (χ0v) is 23.2. The second-order valence-electron chi connectivity index (χ2n) is 9.93. The van der Waals surface area contributed by atoms with Crippen LogP contribution >= 0.6 is 0 Å². The number of nitrogens with zero attached hydrogens (tertiary/aromatic N) is 1. The third-order valence-electron chi connectivity index (χ3n) is 6.98. The van der Waals surface area contributed by atoms with Crippen LogP contribution in [0.1, 0.15) is 17.5 Å². The summed E-state index contributed by atoms with van der Waals surface area (Å²) in [6.45, 7) is 0.405. The molecule has 0 aromatic heterocycles. The lowest BCUT2D eigenvalue weighted by Gasteiger charge is -2.39. The van der Waals surface area contributed by atoms with Gasteiger partial charge in [0.05, 0.1) is 22.3 Å². The van der Waals surface area contributed by atoms with Gasteiger partial charge in [0.15, 0.2) is 9.84 Å². The average molecular weight is 597 g/mol. The smallest absolute Gasteiger partial charge is 0.415 e. The zero-order chi connectivity index (χ0) is 29.9. The Balaban J connectivity index is 1.46. The second-order valence-corrected chi connectivity index (χ2v) is 12.0. The van der Waals surface area contributed by atoms with Gasteiger partial charge in [-0.05, 0) is 83.8 Å². The molecule has 0 saturated carbocycles. The summed E-state index contributed by atoms with van der Waals surface area (Å²) >= 11 is 0. The minimum atomic E-state index is -4.57. The van der Waals surface area contributed by atoms with E-state index in [9.17, 15) is 26.0 Å². The van der Waals surface area contributed by atoms with Crippen LogP contribution in [0, 0.1) is 5.82 Å². The molecule has 0 fully saturated rings. The van der Waals surface area contributed by atoms with Gasteiger partial charge in [0.2, 0.25) is 0 Å². The Kier molecular flexibility index (Phi) is 8.38. The van der Waals surface area contributed by atoms with Gasteiger partial charge in [-0.25, -0.2) is 12.8 Å². The Bertz CT molecular complexity index is 1690. The molecule has 42 heavy (non-hydrogen) atoms. The summed E-state index contributed by atoms with van der Waals surface area (Å²) in [6.07, 6.45) is 3.27. The molecule has 0 saturated heterocycles. The monoisotopic (exact) mass is 596 g/mol. The molecule has 0 spiro atoms. The molecule has 10 heteroatoms. The highest BCUT2D eigenvalue weighted by Gasteiger charge is 2.44. The summed E-state index contributed by atoms with van der Waals surface area (Å²) < 4.78 is 87.2. The maximum atomic E-state index is 14.2. The van der Waals surface area contributed by atoms with Crippen LogP contribution in [0.3, 0.4) is 0 Å². The maximum absolute atomic E-state index is 14.2. The number of alkyl halides is 3. The first-order valence-corrected chi connectivity index (χ1v) is 14.9. The summed E-state index contributed by atoms with van der Waals surface area (Å²) in [4.78, 5) is 1.71. The predicted molar refractivity (Wildman–Crippen MR) is 154 cm³/mol. The molecule has 1 atom stereocenters. The molecule has 0 radical (unpaired) electrons. The van der Waals surface area contributed by atoms with Crippen LogP contribution in [0.2, 0.25) is 0 Å². The fourth-order valence-corrected chi connectivity index (χ4v) is 6.36. The van der Waals surface area contributed by atoms with Gasteiger partial charge in [0.1, 0.15) is 17.3 Å². The quantitative estimate of drug-likeness (QED) is 0.271. The summed E-state index contributed by atoms with van der Waals surface area (Å²) in [5.41, 5.74) is 7.10. The van der Waals surface area contributed by atoms with Gasteiger partial charge in [-0.1, -0.05) is 48.6 Å². The first kappa shape index (κ1) is 29.3. The van der Waals surface area contributed by atoms with Crippen molar-refractivity contribution >= 4 is 15.4 Å². The minimum absolute atomic E-state index is 0.0765. The Morgan fingerprint density at radius 1 is 0.929 bits per heavy atom. The predicted octanol–water partition coefficient (Wildman–Crippen LogP) is 6.95. The number of benzene rings is 3. The van der Waals surface area contributed by atoms with Crippen molar-refractivity contribution in [1.82, 2.24) is 4.90 Å². The van der Waals surface area contributed by atoms with E-state index in [0.717, 1.165) is 6.08 Å². The Morgan fingerprint density at radius 2 is 1.64 bits per heavy atom. The van der Waals surface area contributed by atoms with Crippen molar-refractivity contribution in [2.24, 2.45) is 5.73 Å². The standard InChI is InChI=1S/C32H28F4N2O3S/c33-24-13-11-22(12-14-24)21-38-17-15-28(29-9-3-10-30(31(29)38)32(34,35)36)23-5-1-6-25(19-23)41-26-7-2-8-27(20-26)42(39,40)18-4-16-37/h1-3,5-15,17,19-20,31H,4,16,18,21,37H2. The van der Waals surface area contributed by atoms with Crippen LogP contribution in [0.25, 0.3) is 5.57 Å². The van der Waals surface area contributed by atoms with Gasteiger partial charge in [0.25, 0.3) is 0 Å². The van der Waals surface area contributed by atoms with Gasteiger partial charge >= 0.3 is 6.18 Å². The van der Waals surface area contributed by atoms with E-state index in [1.807, 2.05) is 0 Å². The number of nitrogens with two attached hydrogens (primary N) is 1. The maximum Gasteiger partial charge on any atom is 0.415 e. The molecule has 2 aliphatic rings. The second kappa shape index (κ2) is 12.0. The lowest BCUT2D eigenvalue weighted by molar-refractivity contribution is -0.0988. The van der Waals surface area contributed by atoms with Crippen molar-refractivity contribution in [3.63, 3.8) is 0 Å². The average Bonchev–Trinajstić information content (AvgIpc) is 2.97. The molecule has 5 nitrogen and oxygen atoms in total. The Labute approximate surface area is 241 Å². The Morgan fingerprint density at radius 3 is 2.36 bits per heavy atom. The largest absolute Gasteiger partial charge is 0.457 e. The molecule has 2 N–H and O–H groups in total. The molecule has 1 aliphatic carbocycles. The summed E-state index contributed by atoms with van der Waals surface area (Å²) in [5, 5.41) is 0. The molecule has 3 aromatic carbocycles. The minimum Gasteiger partial charge on any atom is -0.457 e. The number of rotatable bonds is 9. The lowest BCUT2D eigenvalue weighted by Crippen LogP contribution is -2.41. The molecule has 1 heterocycles. The van der Waals surface area contributed by atoms with E-state index in [0.29, 0.717) is 40.2 Å². The van der Waals surface area contributed by atoms with Crippen molar-refractivity contribution in [1.29, 1.82) is 0 Å². The molecular formula is C32H28F4N2O3S. The number of fused-ring (bicyclic) bond motifs is 1. The summed E-state index contributed by atoms with van der Waals surface area (Å²) in [7, 11) is -3.53. The first-order chi connectivity index (χ1) is 20.0. The van der Waals surface area contributed by atoms with Gasteiger partial charge in [-0.3, -0.25) is 0 Å². The van der Waals surface area contributed by atoms with E-state index in [4.69, 9.17) is 10.5 Å². The SMILES string of the molecule is NCCCS(=O)(=O)c1cccc(Oc2cccc(C3=C4C=CC=C(C(F)(F)F)C4N(Cc4ccc(F)cc4)C=C3)c2)c1. The molecule has 1 aliphatic heterocycles. The van der Waals surface area contributed by atoms with E-state index in [-0.39, 0.29) is 23.7 Å². The summed E-state index contributed by atoms with van der Waals surface area (Å²) in [5.74, 6) is 0.199. The lowest BCUT2D eigenvalue weighted by atomic mass is 9.84. The number of hydrogen-bond acceptors (Lipinski definition) is 5. The first-order valence-electron chi connectivity index (χ1n) is 13.2. The van der Waals surface area contributed by atoms with Gasteiger partial charge in [-0.15, -0.1) is 0 Å². The van der Waals surface area contributed by atoms with Crippen molar-refractivity contribution in [2.45, 2.75) is 30.1 Å². The normalized spacial score (nSPS) is 16.8. The number of hydrogen-bond donors (Lipinski definition) is 1. The molecule has 0 amide bonds. The highest BCUT2D eigenvalue weighted by atomic mass is 32.2. The van der Waals surface area contributed by atoms with Crippen molar-refractivity contribution < 1.29 is 30.7 Å².